The lowest BCUT2D eigenvalue weighted by Gasteiger charge is -2.01. The third-order valence-electron chi connectivity index (χ3n) is 2.11. The number of pyridine rings is 2. The van der Waals surface area contributed by atoms with Gasteiger partial charge in [0.2, 0.25) is 0 Å². The van der Waals surface area contributed by atoms with Crippen molar-refractivity contribution in [3.63, 3.8) is 0 Å². The molecule has 0 bridgehead atoms. The molecular formula is C10H6BrN3O. The van der Waals surface area contributed by atoms with E-state index < -0.39 is 0 Å². The first-order valence-corrected chi connectivity index (χ1v) is 4.99. The van der Waals surface area contributed by atoms with E-state index >= 15 is 0 Å². The quantitative estimate of drug-likeness (QED) is 0.725. The Balaban J connectivity index is 2.97. The molecule has 2 aromatic heterocycles. The Hall–Kier alpha value is -1.67. The van der Waals surface area contributed by atoms with Crippen molar-refractivity contribution in [3.05, 3.63) is 38.9 Å². The molecule has 0 unspecified atom stereocenters. The van der Waals surface area contributed by atoms with Crippen LogP contribution in [0.2, 0.25) is 0 Å². The Bertz CT molecular complexity index is 639. The first kappa shape index (κ1) is 9.87. The van der Waals surface area contributed by atoms with E-state index in [9.17, 15) is 4.79 Å². The molecule has 0 atom stereocenters. The predicted molar refractivity (Wildman–Crippen MR) is 59.4 cm³/mol. The molecule has 0 aromatic carbocycles. The van der Waals surface area contributed by atoms with Crippen LogP contribution in [0.4, 0.5) is 0 Å². The molecule has 0 saturated carbocycles. The highest BCUT2D eigenvalue weighted by Crippen LogP contribution is 2.18. The fraction of sp³-hybridized carbons (Fsp3) is 0.100. The van der Waals surface area contributed by atoms with E-state index in [1.807, 2.05) is 6.07 Å². The van der Waals surface area contributed by atoms with E-state index in [-0.39, 0.29) is 11.3 Å². The molecular weight excluding hydrogens is 258 g/mol. The summed E-state index contributed by atoms with van der Waals surface area (Å²) in [5.74, 6) is 0. The van der Waals surface area contributed by atoms with Gasteiger partial charge in [0.25, 0.3) is 5.56 Å². The van der Waals surface area contributed by atoms with Crippen molar-refractivity contribution < 1.29 is 0 Å². The Morgan fingerprint density at radius 2 is 2.33 bits per heavy atom. The highest BCUT2D eigenvalue weighted by Gasteiger charge is 2.07. The van der Waals surface area contributed by atoms with E-state index in [2.05, 4.69) is 20.9 Å². The second kappa shape index (κ2) is 3.48. The number of rotatable bonds is 0. The third kappa shape index (κ3) is 1.53. The van der Waals surface area contributed by atoms with Gasteiger partial charge in [-0.3, -0.25) is 4.79 Å². The van der Waals surface area contributed by atoms with E-state index in [1.165, 1.54) is 4.57 Å². The maximum absolute atomic E-state index is 11.7. The Labute approximate surface area is 93.9 Å². The Morgan fingerprint density at radius 1 is 1.60 bits per heavy atom. The molecule has 4 nitrogen and oxygen atoms in total. The summed E-state index contributed by atoms with van der Waals surface area (Å²) in [7, 11) is 1.65. The van der Waals surface area contributed by atoms with Gasteiger partial charge in [-0.25, -0.2) is 4.98 Å². The molecule has 0 fully saturated rings. The van der Waals surface area contributed by atoms with Crippen LogP contribution in [0.5, 0.6) is 0 Å². The number of aromatic nitrogens is 2. The van der Waals surface area contributed by atoms with Crippen molar-refractivity contribution in [2.75, 3.05) is 0 Å². The van der Waals surface area contributed by atoms with Gasteiger partial charge in [-0.15, -0.1) is 0 Å². The Kier molecular flexibility index (Phi) is 2.29. The SMILES string of the molecule is Cn1ccc2cc(Br)c(C#N)nc2c1=O. The molecule has 0 saturated heterocycles. The van der Waals surface area contributed by atoms with Gasteiger partial charge < -0.3 is 4.57 Å². The van der Waals surface area contributed by atoms with Crippen LogP contribution in [-0.2, 0) is 7.05 Å². The van der Waals surface area contributed by atoms with Crippen LogP contribution in [0, 0.1) is 11.3 Å². The summed E-state index contributed by atoms with van der Waals surface area (Å²) in [6.45, 7) is 0. The van der Waals surface area contributed by atoms with Gasteiger partial charge in [-0.05, 0) is 28.1 Å². The van der Waals surface area contributed by atoms with E-state index in [1.54, 1.807) is 25.4 Å². The third-order valence-corrected chi connectivity index (χ3v) is 2.72. The zero-order valence-electron chi connectivity index (χ0n) is 7.86. The van der Waals surface area contributed by atoms with Crippen LogP contribution in [0.15, 0.2) is 27.6 Å². The minimum absolute atomic E-state index is 0.198. The van der Waals surface area contributed by atoms with Crippen molar-refractivity contribution in [2.45, 2.75) is 0 Å². The van der Waals surface area contributed by atoms with E-state index in [4.69, 9.17) is 5.26 Å². The fourth-order valence-corrected chi connectivity index (χ4v) is 1.73. The number of fused-ring (bicyclic) bond motifs is 1. The number of halogens is 1. The van der Waals surface area contributed by atoms with Crippen LogP contribution in [0.1, 0.15) is 5.69 Å². The topological polar surface area (TPSA) is 58.7 Å². The van der Waals surface area contributed by atoms with Gasteiger partial charge in [0, 0.05) is 18.6 Å². The molecule has 0 aliphatic heterocycles. The summed E-state index contributed by atoms with van der Waals surface area (Å²) in [4.78, 5) is 15.7. The predicted octanol–water partition coefficient (Wildman–Crippen LogP) is 1.57. The van der Waals surface area contributed by atoms with Gasteiger partial charge in [-0.2, -0.15) is 5.26 Å². The van der Waals surface area contributed by atoms with Gasteiger partial charge in [0.05, 0.1) is 4.47 Å². The summed E-state index contributed by atoms with van der Waals surface area (Å²) in [5.41, 5.74) is 0.349. The first-order chi connectivity index (χ1) is 7.13. The smallest absolute Gasteiger partial charge is 0.276 e. The molecule has 0 amide bonds. The van der Waals surface area contributed by atoms with Crippen molar-refractivity contribution in [1.82, 2.24) is 9.55 Å². The molecule has 0 aliphatic carbocycles. The zero-order valence-corrected chi connectivity index (χ0v) is 9.45. The van der Waals surface area contributed by atoms with Gasteiger partial charge in [0.15, 0.2) is 5.69 Å². The second-order valence-corrected chi connectivity index (χ2v) is 3.95. The molecule has 2 heterocycles. The highest BCUT2D eigenvalue weighted by molar-refractivity contribution is 9.10. The minimum atomic E-state index is -0.198. The van der Waals surface area contributed by atoms with Crippen molar-refractivity contribution >= 4 is 26.8 Å². The maximum Gasteiger partial charge on any atom is 0.276 e. The number of nitriles is 1. The van der Waals surface area contributed by atoms with Crippen LogP contribution in [0.3, 0.4) is 0 Å². The highest BCUT2D eigenvalue weighted by atomic mass is 79.9. The molecule has 74 valence electrons. The summed E-state index contributed by atoms with van der Waals surface area (Å²) in [6.07, 6.45) is 1.67. The van der Waals surface area contributed by atoms with E-state index in [0.29, 0.717) is 9.99 Å². The van der Waals surface area contributed by atoms with Crippen LogP contribution >= 0.6 is 15.9 Å². The lowest BCUT2D eigenvalue weighted by Crippen LogP contribution is -2.17. The van der Waals surface area contributed by atoms with Crippen LogP contribution in [0.25, 0.3) is 10.9 Å². The normalized spacial score (nSPS) is 10.2. The molecule has 0 N–H and O–H groups in total. The summed E-state index contributed by atoms with van der Waals surface area (Å²) < 4.78 is 2.04. The summed E-state index contributed by atoms with van der Waals surface area (Å²) in [6, 6.07) is 5.44. The van der Waals surface area contributed by atoms with Gasteiger partial charge in [-0.1, -0.05) is 0 Å². The van der Waals surface area contributed by atoms with Gasteiger partial charge >= 0.3 is 0 Å². The first-order valence-electron chi connectivity index (χ1n) is 4.19. The van der Waals surface area contributed by atoms with Crippen molar-refractivity contribution in [2.24, 2.45) is 7.05 Å². The molecule has 0 aliphatic rings. The number of aryl methyl sites for hydroxylation is 1. The number of hydrogen-bond donors (Lipinski definition) is 0. The minimum Gasteiger partial charge on any atom is -0.317 e. The number of nitrogens with zero attached hydrogens (tertiary/aromatic N) is 3. The summed E-state index contributed by atoms with van der Waals surface area (Å²) in [5, 5.41) is 9.51. The average molecular weight is 264 g/mol. The molecule has 2 rings (SSSR count). The second-order valence-electron chi connectivity index (χ2n) is 3.10. The van der Waals surface area contributed by atoms with Gasteiger partial charge in [0.1, 0.15) is 11.6 Å². The van der Waals surface area contributed by atoms with Crippen molar-refractivity contribution in [1.29, 1.82) is 5.26 Å². The molecule has 2 aromatic rings. The van der Waals surface area contributed by atoms with Crippen LogP contribution < -0.4 is 5.56 Å². The molecule has 5 heteroatoms. The molecule has 0 spiro atoms. The lowest BCUT2D eigenvalue weighted by atomic mass is 10.2. The standard InChI is InChI=1S/C10H6BrN3O/c1-14-3-2-6-4-7(11)8(5-12)13-9(6)10(14)15/h2-4H,1H3. The zero-order chi connectivity index (χ0) is 11.0. The average Bonchev–Trinajstić information content (AvgIpc) is 2.23. The Morgan fingerprint density at radius 3 is 3.00 bits per heavy atom. The fourth-order valence-electron chi connectivity index (χ4n) is 1.31. The maximum atomic E-state index is 11.7. The largest absolute Gasteiger partial charge is 0.317 e. The lowest BCUT2D eigenvalue weighted by molar-refractivity contribution is 0.868. The van der Waals surface area contributed by atoms with Crippen molar-refractivity contribution in [3.8, 4) is 6.07 Å². The molecule has 0 radical (unpaired) electrons. The number of hydrogen-bond acceptors (Lipinski definition) is 3. The monoisotopic (exact) mass is 263 g/mol. The van der Waals surface area contributed by atoms with E-state index in [0.717, 1.165) is 5.39 Å². The molecule has 15 heavy (non-hydrogen) atoms. The van der Waals surface area contributed by atoms with Crippen LogP contribution in [-0.4, -0.2) is 9.55 Å². The summed E-state index contributed by atoms with van der Waals surface area (Å²) >= 11 is 3.23.